The van der Waals surface area contributed by atoms with E-state index in [9.17, 15) is 4.79 Å². The van der Waals surface area contributed by atoms with E-state index >= 15 is 0 Å². The summed E-state index contributed by atoms with van der Waals surface area (Å²) in [6, 6.07) is 25.3. The van der Waals surface area contributed by atoms with Gasteiger partial charge in [0.1, 0.15) is 5.75 Å². The molecule has 4 heteroatoms. The van der Waals surface area contributed by atoms with Crippen LogP contribution in [0.3, 0.4) is 0 Å². The van der Waals surface area contributed by atoms with Crippen molar-refractivity contribution in [2.24, 2.45) is 5.92 Å². The molecule has 0 saturated carbocycles. The van der Waals surface area contributed by atoms with Gasteiger partial charge in [0, 0.05) is 16.1 Å². The van der Waals surface area contributed by atoms with Crippen molar-refractivity contribution in [3.8, 4) is 5.75 Å². The van der Waals surface area contributed by atoms with Crippen LogP contribution in [-0.2, 0) is 6.42 Å². The van der Waals surface area contributed by atoms with E-state index in [1.54, 1.807) is 24.3 Å². The molecule has 34 heavy (non-hydrogen) atoms. The molecule has 0 aliphatic carbocycles. The molecule has 1 fully saturated rings. The highest BCUT2D eigenvalue weighted by Gasteiger charge is 2.19. The van der Waals surface area contributed by atoms with Crippen LogP contribution in [0, 0.1) is 5.92 Å². The predicted octanol–water partition coefficient (Wildman–Crippen LogP) is 7.07. The van der Waals surface area contributed by atoms with Crippen molar-refractivity contribution in [3.63, 3.8) is 0 Å². The van der Waals surface area contributed by atoms with Crippen LogP contribution in [0.15, 0.2) is 78.9 Å². The molecule has 3 nitrogen and oxygen atoms in total. The van der Waals surface area contributed by atoms with E-state index in [1.165, 1.54) is 57.3 Å². The van der Waals surface area contributed by atoms with Crippen molar-refractivity contribution >= 4 is 17.4 Å². The molecule has 0 amide bonds. The van der Waals surface area contributed by atoms with Crippen molar-refractivity contribution in [1.29, 1.82) is 0 Å². The SMILES string of the molecule is O=C(c1ccc(Cl)cc1)c1ccc(OCCCCCN2CCC(Cc3ccccc3)CC2)cc1. The third-order valence-electron chi connectivity index (χ3n) is 6.68. The summed E-state index contributed by atoms with van der Waals surface area (Å²) in [6.07, 6.45) is 7.31. The normalized spacial score (nSPS) is 14.7. The number of hydrogen-bond donors (Lipinski definition) is 0. The maximum atomic E-state index is 12.5. The van der Waals surface area contributed by atoms with Gasteiger partial charge >= 0.3 is 0 Å². The van der Waals surface area contributed by atoms with Gasteiger partial charge in [-0.2, -0.15) is 0 Å². The number of hydrogen-bond acceptors (Lipinski definition) is 3. The van der Waals surface area contributed by atoms with Crippen LogP contribution in [-0.4, -0.2) is 36.9 Å². The van der Waals surface area contributed by atoms with Gasteiger partial charge < -0.3 is 9.64 Å². The summed E-state index contributed by atoms with van der Waals surface area (Å²) in [5.41, 5.74) is 2.77. The van der Waals surface area contributed by atoms with E-state index in [4.69, 9.17) is 16.3 Å². The number of carbonyl (C=O) groups is 1. The summed E-state index contributed by atoms with van der Waals surface area (Å²) in [7, 11) is 0. The van der Waals surface area contributed by atoms with Gasteiger partial charge in [-0.25, -0.2) is 0 Å². The van der Waals surface area contributed by atoms with Gasteiger partial charge in [-0.05, 0) is 118 Å². The fourth-order valence-electron chi connectivity index (χ4n) is 4.64. The average molecular weight is 476 g/mol. The quantitative estimate of drug-likeness (QED) is 0.219. The lowest BCUT2D eigenvalue weighted by atomic mass is 9.90. The van der Waals surface area contributed by atoms with Gasteiger partial charge in [0.2, 0.25) is 0 Å². The first kappa shape index (κ1) is 24.5. The number of unbranched alkanes of at least 4 members (excludes halogenated alkanes) is 2. The summed E-state index contributed by atoms with van der Waals surface area (Å²) in [5.74, 6) is 1.64. The van der Waals surface area contributed by atoms with Crippen LogP contribution < -0.4 is 4.74 Å². The van der Waals surface area contributed by atoms with E-state index in [-0.39, 0.29) is 5.78 Å². The van der Waals surface area contributed by atoms with Gasteiger partial charge in [-0.1, -0.05) is 41.9 Å². The fourth-order valence-corrected chi connectivity index (χ4v) is 4.76. The Balaban J connectivity index is 1.08. The first-order chi connectivity index (χ1) is 16.7. The molecule has 0 N–H and O–H groups in total. The Morgan fingerprint density at radius 3 is 2.15 bits per heavy atom. The number of carbonyl (C=O) groups excluding carboxylic acids is 1. The van der Waals surface area contributed by atoms with Crippen LogP contribution in [0.5, 0.6) is 5.75 Å². The monoisotopic (exact) mass is 475 g/mol. The maximum Gasteiger partial charge on any atom is 0.193 e. The van der Waals surface area contributed by atoms with E-state index in [2.05, 4.69) is 35.2 Å². The van der Waals surface area contributed by atoms with Crippen LogP contribution in [0.1, 0.15) is 53.6 Å². The first-order valence-electron chi connectivity index (χ1n) is 12.5. The third-order valence-corrected chi connectivity index (χ3v) is 6.94. The van der Waals surface area contributed by atoms with Gasteiger partial charge in [0.05, 0.1) is 6.61 Å². The molecular formula is C30H34ClNO2. The summed E-state index contributed by atoms with van der Waals surface area (Å²) in [5, 5.41) is 0.628. The second-order valence-electron chi connectivity index (χ2n) is 9.24. The maximum absolute atomic E-state index is 12.5. The van der Waals surface area contributed by atoms with Crippen molar-refractivity contribution in [2.45, 2.75) is 38.5 Å². The topological polar surface area (TPSA) is 29.5 Å². The Bertz CT molecular complexity index is 1010. The Morgan fingerprint density at radius 2 is 1.47 bits per heavy atom. The minimum Gasteiger partial charge on any atom is -0.494 e. The Hall–Kier alpha value is -2.62. The number of ether oxygens (including phenoxy) is 1. The fraction of sp³-hybridized carbons (Fsp3) is 0.367. The molecule has 4 rings (SSSR count). The number of likely N-dealkylation sites (tertiary alicyclic amines) is 1. The third kappa shape index (κ3) is 7.44. The van der Waals surface area contributed by atoms with Crippen molar-refractivity contribution in [2.75, 3.05) is 26.2 Å². The largest absolute Gasteiger partial charge is 0.494 e. The number of benzene rings is 3. The molecule has 0 unspecified atom stereocenters. The standard InChI is InChI=1S/C30H34ClNO2/c31-28-13-9-26(10-14-28)30(33)27-11-15-29(16-12-27)34-22-6-2-5-19-32-20-17-25(18-21-32)23-24-7-3-1-4-8-24/h1,3-4,7-16,25H,2,5-6,17-23H2. The number of ketones is 1. The van der Waals surface area contributed by atoms with Crippen molar-refractivity contribution < 1.29 is 9.53 Å². The van der Waals surface area contributed by atoms with Gasteiger partial charge in [-0.15, -0.1) is 0 Å². The molecule has 0 atom stereocenters. The van der Waals surface area contributed by atoms with Crippen molar-refractivity contribution in [1.82, 2.24) is 4.90 Å². The van der Waals surface area contributed by atoms with Crippen LogP contribution in [0.25, 0.3) is 0 Å². The molecule has 3 aromatic carbocycles. The lowest BCUT2D eigenvalue weighted by Crippen LogP contribution is -2.35. The van der Waals surface area contributed by atoms with E-state index in [0.717, 1.165) is 18.1 Å². The zero-order valence-electron chi connectivity index (χ0n) is 19.8. The molecule has 3 aromatic rings. The van der Waals surface area contributed by atoms with Crippen LogP contribution in [0.4, 0.5) is 0 Å². The van der Waals surface area contributed by atoms with Gasteiger partial charge in [0.25, 0.3) is 0 Å². The highest BCUT2D eigenvalue weighted by Crippen LogP contribution is 2.22. The Morgan fingerprint density at radius 1 is 0.824 bits per heavy atom. The average Bonchev–Trinajstić information content (AvgIpc) is 2.88. The molecule has 1 heterocycles. The molecule has 1 aliphatic rings. The lowest BCUT2D eigenvalue weighted by Gasteiger charge is -2.32. The van der Waals surface area contributed by atoms with E-state index < -0.39 is 0 Å². The predicted molar refractivity (Wildman–Crippen MR) is 140 cm³/mol. The highest BCUT2D eigenvalue weighted by molar-refractivity contribution is 6.30. The molecule has 0 aromatic heterocycles. The molecule has 0 radical (unpaired) electrons. The molecule has 1 aliphatic heterocycles. The van der Waals surface area contributed by atoms with E-state index in [1.807, 2.05) is 24.3 Å². The zero-order valence-corrected chi connectivity index (χ0v) is 20.6. The lowest BCUT2D eigenvalue weighted by molar-refractivity contribution is 0.103. The molecule has 1 saturated heterocycles. The molecular weight excluding hydrogens is 442 g/mol. The van der Waals surface area contributed by atoms with E-state index in [0.29, 0.717) is 22.8 Å². The molecule has 178 valence electrons. The summed E-state index contributed by atoms with van der Waals surface area (Å²) >= 11 is 5.90. The number of nitrogens with zero attached hydrogens (tertiary/aromatic N) is 1. The number of piperidine rings is 1. The summed E-state index contributed by atoms with van der Waals surface area (Å²) in [4.78, 5) is 15.2. The van der Waals surface area contributed by atoms with Crippen molar-refractivity contribution in [3.05, 3.63) is 101 Å². The minimum atomic E-state index is -0.00711. The molecule has 0 spiro atoms. The minimum absolute atomic E-state index is 0.00711. The summed E-state index contributed by atoms with van der Waals surface area (Å²) in [6.45, 7) is 4.37. The first-order valence-corrected chi connectivity index (χ1v) is 12.8. The number of halogens is 1. The Kier molecular flexibility index (Phi) is 9.18. The zero-order chi connectivity index (χ0) is 23.6. The van der Waals surface area contributed by atoms with Crippen LogP contribution in [0.2, 0.25) is 5.02 Å². The van der Waals surface area contributed by atoms with Gasteiger partial charge in [-0.3, -0.25) is 4.79 Å². The Labute approximate surface area is 208 Å². The second kappa shape index (κ2) is 12.7. The number of rotatable bonds is 11. The van der Waals surface area contributed by atoms with Crippen LogP contribution >= 0.6 is 11.6 Å². The highest BCUT2D eigenvalue weighted by atomic mass is 35.5. The summed E-state index contributed by atoms with van der Waals surface area (Å²) < 4.78 is 5.88. The van der Waals surface area contributed by atoms with Gasteiger partial charge in [0.15, 0.2) is 5.78 Å². The smallest absolute Gasteiger partial charge is 0.193 e. The second-order valence-corrected chi connectivity index (χ2v) is 9.68. The molecule has 0 bridgehead atoms.